The lowest BCUT2D eigenvalue weighted by Gasteiger charge is -2.12. The van der Waals surface area contributed by atoms with Gasteiger partial charge in [0, 0.05) is 12.2 Å². The van der Waals surface area contributed by atoms with E-state index in [0.717, 1.165) is 23.2 Å². The van der Waals surface area contributed by atoms with Crippen LogP contribution in [0.4, 0.5) is 5.69 Å². The van der Waals surface area contributed by atoms with Gasteiger partial charge in [0.1, 0.15) is 5.75 Å². The molecule has 0 aliphatic heterocycles. The number of phenolic OH excluding ortho intramolecular Hbond substituents is 1. The Kier molecular flexibility index (Phi) is 7.10. The maximum atomic E-state index is 12.6. The highest BCUT2D eigenvalue weighted by Crippen LogP contribution is 2.30. The molecule has 0 saturated carbocycles. The third-order valence-corrected chi connectivity index (χ3v) is 6.28. The number of aromatic nitrogens is 3. The van der Waals surface area contributed by atoms with E-state index in [4.69, 9.17) is 0 Å². The number of para-hydroxylation sites is 1. The molecule has 2 N–H and O–H groups in total. The lowest BCUT2D eigenvalue weighted by Crippen LogP contribution is -2.15. The van der Waals surface area contributed by atoms with Crippen molar-refractivity contribution in [3.63, 3.8) is 0 Å². The standard InChI is InChI=1S/C26H26N4O2S/c1-18-12-13-22(19(2)16-18)27-24(32)17-33-26-29-28-25(21-10-6-7-11-23(21)31)30(26)15-14-20-8-4-3-5-9-20/h3-13,16,31H,14-15,17H2,1-2H3,(H,27,32). The molecule has 0 aliphatic rings. The zero-order valence-corrected chi connectivity index (χ0v) is 19.5. The van der Waals surface area contributed by atoms with Crippen LogP contribution in [0, 0.1) is 13.8 Å². The van der Waals surface area contributed by atoms with Crippen LogP contribution < -0.4 is 5.32 Å². The van der Waals surface area contributed by atoms with Gasteiger partial charge in [-0.15, -0.1) is 10.2 Å². The van der Waals surface area contributed by atoms with Crippen molar-refractivity contribution in [2.24, 2.45) is 0 Å². The number of benzene rings is 3. The smallest absolute Gasteiger partial charge is 0.234 e. The number of nitrogens with one attached hydrogen (secondary N) is 1. The maximum Gasteiger partial charge on any atom is 0.234 e. The molecule has 7 heteroatoms. The molecule has 0 spiro atoms. The fourth-order valence-corrected chi connectivity index (χ4v) is 4.38. The molecule has 0 bridgehead atoms. The number of aryl methyl sites for hydroxylation is 3. The Hall–Kier alpha value is -3.58. The molecule has 33 heavy (non-hydrogen) atoms. The summed E-state index contributed by atoms with van der Waals surface area (Å²) in [6.45, 7) is 4.63. The second-order valence-corrected chi connectivity index (χ2v) is 8.81. The zero-order valence-electron chi connectivity index (χ0n) is 18.7. The summed E-state index contributed by atoms with van der Waals surface area (Å²) in [7, 11) is 0. The first-order chi connectivity index (χ1) is 16.0. The predicted octanol–water partition coefficient (Wildman–Crippen LogP) is 5.24. The molecule has 0 fully saturated rings. The minimum absolute atomic E-state index is 0.103. The first kappa shape index (κ1) is 22.6. The molecular weight excluding hydrogens is 432 g/mol. The van der Waals surface area contributed by atoms with Gasteiger partial charge in [0.25, 0.3) is 0 Å². The molecule has 0 saturated heterocycles. The van der Waals surface area contributed by atoms with Crippen molar-refractivity contribution in [2.75, 3.05) is 11.1 Å². The summed E-state index contributed by atoms with van der Waals surface area (Å²) < 4.78 is 1.97. The Bertz CT molecular complexity index is 1250. The van der Waals surface area contributed by atoms with Gasteiger partial charge in [0.15, 0.2) is 11.0 Å². The van der Waals surface area contributed by atoms with Crippen molar-refractivity contribution < 1.29 is 9.90 Å². The highest BCUT2D eigenvalue weighted by atomic mass is 32.2. The van der Waals surface area contributed by atoms with Gasteiger partial charge in [-0.3, -0.25) is 4.79 Å². The van der Waals surface area contributed by atoms with Gasteiger partial charge in [-0.05, 0) is 49.6 Å². The fraction of sp³-hybridized carbons (Fsp3) is 0.192. The summed E-state index contributed by atoms with van der Waals surface area (Å²) in [5.74, 6) is 0.836. The van der Waals surface area contributed by atoms with E-state index in [-0.39, 0.29) is 17.4 Å². The number of phenols is 1. The molecule has 1 amide bonds. The minimum Gasteiger partial charge on any atom is -0.507 e. The number of hydrogen-bond donors (Lipinski definition) is 2. The van der Waals surface area contributed by atoms with Gasteiger partial charge in [0.2, 0.25) is 5.91 Å². The predicted molar refractivity (Wildman–Crippen MR) is 133 cm³/mol. The van der Waals surface area contributed by atoms with Crippen LogP contribution >= 0.6 is 11.8 Å². The van der Waals surface area contributed by atoms with Crippen molar-refractivity contribution in [1.29, 1.82) is 0 Å². The second kappa shape index (κ2) is 10.4. The van der Waals surface area contributed by atoms with Crippen LogP contribution in [-0.4, -0.2) is 31.5 Å². The highest BCUT2D eigenvalue weighted by Gasteiger charge is 2.18. The lowest BCUT2D eigenvalue weighted by atomic mass is 10.1. The first-order valence-electron chi connectivity index (χ1n) is 10.8. The monoisotopic (exact) mass is 458 g/mol. The van der Waals surface area contributed by atoms with E-state index in [1.807, 2.05) is 66.9 Å². The average molecular weight is 459 g/mol. The summed E-state index contributed by atoms with van der Waals surface area (Å²) in [5.41, 5.74) is 4.80. The summed E-state index contributed by atoms with van der Waals surface area (Å²) >= 11 is 1.34. The van der Waals surface area contributed by atoms with E-state index in [2.05, 4.69) is 27.6 Å². The summed E-state index contributed by atoms with van der Waals surface area (Å²) in [4.78, 5) is 12.6. The summed E-state index contributed by atoms with van der Waals surface area (Å²) in [5, 5.41) is 22.7. The first-order valence-corrected chi connectivity index (χ1v) is 11.7. The van der Waals surface area contributed by atoms with E-state index in [9.17, 15) is 9.90 Å². The van der Waals surface area contributed by atoms with E-state index in [0.29, 0.717) is 23.1 Å². The molecule has 0 radical (unpaired) electrons. The van der Waals surface area contributed by atoms with Crippen molar-refractivity contribution in [2.45, 2.75) is 32.0 Å². The largest absolute Gasteiger partial charge is 0.507 e. The molecule has 6 nitrogen and oxygen atoms in total. The number of carbonyl (C=O) groups excluding carboxylic acids is 1. The quantitative estimate of drug-likeness (QED) is 0.353. The van der Waals surface area contributed by atoms with E-state index in [1.54, 1.807) is 12.1 Å². The number of thioether (sulfide) groups is 1. The molecule has 0 aliphatic carbocycles. The number of anilines is 1. The van der Waals surface area contributed by atoms with Crippen LogP contribution in [0.5, 0.6) is 5.75 Å². The Labute approximate surface area is 197 Å². The van der Waals surface area contributed by atoms with Gasteiger partial charge in [-0.1, -0.05) is 71.9 Å². The van der Waals surface area contributed by atoms with E-state index < -0.39 is 0 Å². The Balaban J connectivity index is 1.53. The minimum atomic E-state index is -0.103. The van der Waals surface area contributed by atoms with Gasteiger partial charge in [-0.25, -0.2) is 0 Å². The third-order valence-electron chi connectivity index (χ3n) is 5.32. The number of aromatic hydroxyl groups is 1. The van der Waals surface area contributed by atoms with E-state index in [1.165, 1.54) is 17.3 Å². The number of rotatable bonds is 8. The molecule has 4 aromatic rings. The van der Waals surface area contributed by atoms with Crippen LogP contribution in [-0.2, 0) is 17.8 Å². The van der Waals surface area contributed by atoms with Gasteiger partial charge < -0.3 is 15.0 Å². The average Bonchev–Trinajstić information content (AvgIpc) is 3.21. The highest BCUT2D eigenvalue weighted by molar-refractivity contribution is 7.99. The SMILES string of the molecule is Cc1ccc(NC(=O)CSc2nnc(-c3ccccc3O)n2CCc2ccccc2)c(C)c1. The second-order valence-electron chi connectivity index (χ2n) is 7.87. The van der Waals surface area contributed by atoms with Gasteiger partial charge in [-0.2, -0.15) is 0 Å². The van der Waals surface area contributed by atoms with Crippen LogP contribution in [0.25, 0.3) is 11.4 Å². The molecule has 168 valence electrons. The normalized spacial score (nSPS) is 10.8. The van der Waals surface area contributed by atoms with Crippen molar-refractivity contribution >= 4 is 23.4 Å². The molecule has 0 atom stereocenters. The molecular formula is C26H26N4O2S. The number of amides is 1. The number of nitrogens with zero attached hydrogens (tertiary/aromatic N) is 3. The van der Waals surface area contributed by atoms with Crippen molar-refractivity contribution in [3.05, 3.63) is 89.5 Å². The molecule has 0 unspecified atom stereocenters. The Morgan fingerprint density at radius 2 is 1.76 bits per heavy atom. The topological polar surface area (TPSA) is 80.0 Å². The zero-order chi connectivity index (χ0) is 23.2. The molecule has 3 aromatic carbocycles. The maximum absolute atomic E-state index is 12.6. The summed E-state index contributed by atoms with van der Waals surface area (Å²) in [6, 6.07) is 23.2. The van der Waals surface area contributed by atoms with Crippen molar-refractivity contribution in [1.82, 2.24) is 14.8 Å². The van der Waals surface area contributed by atoms with Crippen LogP contribution in [0.1, 0.15) is 16.7 Å². The molecule has 1 aromatic heterocycles. The third kappa shape index (κ3) is 5.62. The molecule has 4 rings (SSSR count). The number of carbonyl (C=O) groups is 1. The van der Waals surface area contributed by atoms with Crippen LogP contribution in [0.2, 0.25) is 0 Å². The van der Waals surface area contributed by atoms with Crippen molar-refractivity contribution in [3.8, 4) is 17.1 Å². The Morgan fingerprint density at radius 3 is 2.52 bits per heavy atom. The summed E-state index contributed by atoms with van der Waals surface area (Å²) in [6.07, 6.45) is 0.780. The van der Waals surface area contributed by atoms with Crippen LogP contribution in [0.15, 0.2) is 78.0 Å². The molecule has 1 heterocycles. The number of hydrogen-bond acceptors (Lipinski definition) is 5. The van der Waals surface area contributed by atoms with Gasteiger partial charge >= 0.3 is 0 Å². The van der Waals surface area contributed by atoms with Gasteiger partial charge in [0.05, 0.1) is 11.3 Å². The fourth-order valence-electron chi connectivity index (χ4n) is 3.61. The Morgan fingerprint density at radius 1 is 1.00 bits per heavy atom. The lowest BCUT2D eigenvalue weighted by molar-refractivity contribution is -0.113. The van der Waals surface area contributed by atoms with Crippen LogP contribution in [0.3, 0.4) is 0 Å². The van der Waals surface area contributed by atoms with E-state index >= 15 is 0 Å².